The molecule has 116 valence electrons. The van der Waals surface area contributed by atoms with Crippen molar-refractivity contribution in [1.82, 2.24) is 0 Å². The molecule has 0 aromatic rings. The Balaban J connectivity index is 1.67. The molecular formula is C19H23NO2. The van der Waals surface area contributed by atoms with Crippen LogP contribution in [0.5, 0.6) is 0 Å². The smallest absolute Gasteiger partial charge is 0.333 e. The molecule has 7 atom stereocenters. The second-order valence-corrected chi connectivity index (χ2v) is 7.74. The molecule has 7 unspecified atom stereocenters. The maximum Gasteiger partial charge on any atom is 0.333 e. The first-order valence-corrected chi connectivity index (χ1v) is 8.51. The first-order valence-electron chi connectivity index (χ1n) is 8.51. The summed E-state index contributed by atoms with van der Waals surface area (Å²) in [5, 5.41) is 9.36. The lowest BCUT2D eigenvalue weighted by molar-refractivity contribution is -0.157. The van der Waals surface area contributed by atoms with E-state index in [0.29, 0.717) is 35.2 Å². The summed E-state index contributed by atoms with van der Waals surface area (Å²) < 4.78 is 5.93. The molecule has 4 rings (SSSR count). The van der Waals surface area contributed by atoms with Gasteiger partial charge in [-0.3, -0.25) is 0 Å². The molecule has 0 heterocycles. The van der Waals surface area contributed by atoms with Crippen LogP contribution in [-0.2, 0) is 9.53 Å². The van der Waals surface area contributed by atoms with Crippen LogP contribution < -0.4 is 0 Å². The minimum atomic E-state index is -0.418. The van der Waals surface area contributed by atoms with E-state index in [4.69, 9.17) is 4.74 Å². The van der Waals surface area contributed by atoms with E-state index in [1.54, 1.807) is 6.92 Å². The van der Waals surface area contributed by atoms with Gasteiger partial charge in [0, 0.05) is 11.5 Å². The van der Waals surface area contributed by atoms with E-state index in [9.17, 15) is 10.1 Å². The van der Waals surface area contributed by atoms with Crippen molar-refractivity contribution < 1.29 is 9.53 Å². The summed E-state index contributed by atoms with van der Waals surface area (Å²) in [7, 11) is 0. The average Bonchev–Trinajstić information content (AvgIpc) is 3.23. The quantitative estimate of drug-likeness (QED) is 0.346. The van der Waals surface area contributed by atoms with Gasteiger partial charge in [-0.25, -0.2) is 4.79 Å². The molecule has 4 aliphatic carbocycles. The predicted molar refractivity (Wildman–Crippen MR) is 82.4 cm³/mol. The van der Waals surface area contributed by atoms with Crippen molar-refractivity contribution in [3.63, 3.8) is 0 Å². The fraction of sp³-hybridized carbons (Fsp3) is 0.684. The maximum atomic E-state index is 12.1. The molecule has 0 N–H and O–H groups in total. The van der Waals surface area contributed by atoms with E-state index < -0.39 is 5.60 Å². The minimum Gasteiger partial charge on any atom is -0.451 e. The predicted octanol–water partition coefficient (Wildman–Crippen LogP) is 3.63. The summed E-state index contributed by atoms with van der Waals surface area (Å²) in [6.45, 7) is 7.55. The van der Waals surface area contributed by atoms with Crippen molar-refractivity contribution in [3.05, 3.63) is 23.8 Å². The number of hydrogen-bond acceptors (Lipinski definition) is 3. The van der Waals surface area contributed by atoms with Gasteiger partial charge in [0.15, 0.2) is 0 Å². The monoisotopic (exact) mass is 297 g/mol. The minimum absolute atomic E-state index is 0.250. The van der Waals surface area contributed by atoms with E-state index in [1.165, 1.54) is 12.0 Å². The number of nitriles is 1. The molecule has 0 radical (unpaired) electrons. The van der Waals surface area contributed by atoms with Gasteiger partial charge >= 0.3 is 5.97 Å². The molecule has 3 fully saturated rings. The zero-order chi connectivity index (χ0) is 15.6. The van der Waals surface area contributed by atoms with E-state index in [0.717, 1.165) is 19.3 Å². The molecule has 3 saturated carbocycles. The SMILES string of the molecule is C=C(C)C(=O)OC1(CC)C=C2CC1C1C3CC(C#N)C(C3)C21. The number of carbonyl (C=O) groups is 1. The molecule has 0 aliphatic heterocycles. The Morgan fingerprint density at radius 1 is 1.55 bits per heavy atom. The van der Waals surface area contributed by atoms with Crippen LogP contribution >= 0.6 is 0 Å². The molecule has 4 bridgehead atoms. The van der Waals surface area contributed by atoms with E-state index in [-0.39, 0.29) is 11.9 Å². The highest BCUT2D eigenvalue weighted by molar-refractivity contribution is 5.87. The van der Waals surface area contributed by atoms with Crippen LogP contribution in [0.1, 0.15) is 39.5 Å². The fourth-order valence-electron chi connectivity index (χ4n) is 6.05. The summed E-state index contributed by atoms with van der Waals surface area (Å²) in [6, 6.07) is 2.53. The lowest BCUT2D eigenvalue weighted by Crippen LogP contribution is -2.45. The van der Waals surface area contributed by atoms with Gasteiger partial charge in [0.1, 0.15) is 5.60 Å². The highest BCUT2D eigenvalue weighted by Gasteiger charge is 2.66. The number of nitrogens with zero attached hydrogens (tertiary/aromatic N) is 1. The Hall–Kier alpha value is -1.56. The van der Waals surface area contributed by atoms with Gasteiger partial charge in [0.05, 0.1) is 12.0 Å². The van der Waals surface area contributed by atoms with Crippen LogP contribution in [0.15, 0.2) is 23.8 Å². The topological polar surface area (TPSA) is 50.1 Å². The summed E-state index contributed by atoms with van der Waals surface area (Å²) >= 11 is 0. The molecule has 3 nitrogen and oxygen atoms in total. The molecule has 3 heteroatoms. The third-order valence-corrected chi connectivity index (χ3v) is 6.82. The summed E-state index contributed by atoms with van der Waals surface area (Å²) in [5.74, 6) is 2.86. The zero-order valence-corrected chi connectivity index (χ0v) is 13.3. The van der Waals surface area contributed by atoms with Gasteiger partial charge in [-0.15, -0.1) is 0 Å². The lowest BCUT2D eigenvalue weighted by atomic mass is 9.66. The van der Waals surface area contributed by atoms with Crippen LogP contribution in [0.3, 0.4) is 0 Å². The fourth-order valence-corrected chi connectivity index (χ4v) is 6.05. The van der Waals surface area contributed by atoms with Crippen molar-refractivity contribution in [1.29, 1.82) is 5.26 Å². The molecular weight excluding hydrogens is 274 g/mol. The molecule has 22 heavy (non-hydrogen) atoms. The number of ether oxygens (including phenoxy) is 1. The van der Waals surface area contributed by atoms with Crippen LogP contribution in [0.4, 0.5) is 0 Å². The average molecular weight is 297 g/mol. The Bertz CT molecular complexity index is 628. The second kappa shape index (κ2) is 4.47. The van der Waals surface area contributed by atoms with Gasteiger partial charge in [0.2, 0.25) is 0 Å². The third-order valence-electron chi connectivity index (χ3n) is 6.82. The van der Waals surface area contributed by atoms with Crippen LogP contribution in [0.2, 0.25) is 0 Å². The lowest BCUT2D eigenvalue weighted by Gasteiger charge is -2.43. The summed E-state index contributed by atoms with van der Waals surface area (Å²) in [6.07, 6.45) is 6.41. The molecule has 0 aromatic carbocycles. The van der Waals surface area contributed by atoms with Crippen molar-refractivity contribution in [2.45, 2.75) is 45.1 Å². The Kier molecular flexibility index (Phi) is 2.86. The number of hydrogen-bond donors (Lipinski definition) is 0. The number of carbonyl (C=O) groups excluding carboxylic acids is 1. The van der Waals surface area contributed by atoms with Crippen molar-refractivity contribution in [2.75, 3.05) is 0 Å². The maximum absolute atomic E-state index is 12.1. The van der Waals surface area contributed by atoms with Gasteiger partial charge in [-0.05, 0) is 62.4 Å². The van der Waals surface area contributed by atoms with Gasteiger partial charge in [-0.1, -0.05) is 19.1 Å². The first kappa shape index (κ1) is 14.1. The number of fused-ring (bicyclic) bond motifs is 9. The van der Waals surface area contributed by atoms with Crippen molar-refractivity contribution >= 4 is 5.97 Å². The zero-order valence-electron chi connectivity index (χ0n) is 13.3. The molecule has 0 spiro atoms. The van der Waals surface area contributed by atoms with E-state index in [1.807, 2.05) is 0 Å². The van der Waals surface area contributed by atoms with Crippen molar-refractivity contribution in [2.24, 2.45) is 35.5 Å². The largest absolute Gasteiger partial charge is 0.451 e. The normalized spacial score (nSPS) is 47.0. The molecule has 4 aliphatic rings. The van der Waals surface area contributed by atoms with Gasteiger partial charge < -0.3 is 4.74 Å². The summed E-state index contributed by atoms with van der Waals surface area (Å²) in [4.78, 5) is 12.1. The number of allylic oxidation sites excluding steroid dienone is 1. The highest BCUT2D eigenvalue weighted by Crippen LogP contribution is 2.69. The van der Waals surface area contributed by atoms with E-state index >= 15 is 0 Å². The standard InChI is InChI=1S/C19H23NO2/c1-4-19(22-18(21)10(2)3)8-12-7-15(19)17-11-5-13(9-20)14(6-11)16(12)17/h8,11,13-17H,2,4-7H2,1,3H3. The second-order valence-electron chi connectivity index (χ2n) is 7.74. The Morgan fingerprint density at radius 2 is 2.32 bits per heavy atom. The molecule has 0 saturated heterocycles. The molecule has 0 amide bonds. The first-order chi connectivity index (χ1) is 10.5. The summed E-state index contributed by atoms with van der Waals surface area (Å²) in [5.41, 5.74) is 1.53. The number of rotatable bonds is 3. The van der Waals surface area contributed by atoms with Gasteiger partial charge in [-0.2, -0.15) is 5.26 Å². The van der Waals surface area contributed by atoms with Gasteiger partial charge in [0.25, 0.3) is 0 Å². The van der Waals surface area contributed by atoms with E-state index in [2.05, 4.69) is 25.6 Å². The van der Waals surface area contributed by atoms with Crippen molar-refractivity contribution in [3.8, 4) is 6.07 Å². The van der Waals surface area contributed by atoms with Crippen LogP contribution in [0, 0.1) is 46.8 Å². The number of esters is 1. The third kappa shape index (κ3) is 1.59. The highest BCUT2D eigenvalue weighted by atomic mass is 16.6. The van der Waals surface area contributed by atoms with Crippen LogP contribution in [0.25, 0.3) is 0 Å². The van der Waals surface area contributed by atoms with Crippen LogP contribution in [-0.4, -0.2) is 11.6 Å². The Morgan fingerprint density at radius 3 is 2.95 bits per heavy atom. The molecule has 0 aromatic heterocycles. The Labute approximate surface area is 132 Å².